The van der Waals surface area contributed by atoms with Gasteiger partial charge in [-0.3, -0.25) is 4.90 Å². The van der Waals surface area contributed by atoms with Gasteiger partial charge in [-0.25, -0.2) is 0 Å². The van der Waals surface area contributed by atoms with Crippen LogP contribution in [0.5, 0.6) is 0 Å². The molecule has 3 unspecified atom stereocenters. The Morgan fingerprint density at radius 1 is 1.10 bits per heavy atom. The third-order valence-electron chi connectivity index (χ3n) is 5.67. The Bertz CT molecular complexity index is 271. The van der Waals surface area contributed by atoms with E-state index in [-0.39, 0.29) is 0 Å². The van der Waals surface area contributed by atoms with Crippen molar-refractivity contribution in [2.24, 2.45) is 11.8 Å². The quantitative estimate of drug-likeness (QED) is 0.789. The van der Waals surface area contributed by atoms with Crippen LogP contribution in [0, 0.1) is 11.8 Å². The van der Waals surface area contributed by atoms with E-state index in [1.165, 1.54) is 57.9 Å². The minimum atomic E-state index is 0.720. The van der Waals surface area contributed by atoms with Gasteiger partial charge in [0.2, 0.25) is 0 Å². The minimum Gasteiger partial charge on any atom is -0.315 e. The molecule has 0 radical (unpaired) electrons. The number of nitrogens with zero attached hydrogens (tertiary/aromatic N) is 1. The maximum atomic E-state index is 3.63. The molecule has 20 heavy (non-hydrogen) atoms. The number of nitrogens with one attached hydrogen (secondary N) is 1. The van der Waals surface area contributed by atoms with Gasteiger partial charge in [0.1, 0.15) is 0 Å². The largest absolute Gasteiger partial charge is 0.315 e. The van der Waals surface area contributed by atoms with Crippen LogP contribution in [0.25, 0.3) is 0 Å². The van der Waals surface area contributed by atoms with Crippen LogP contribution in [0.2, 0.25) is 0 Å². The number of rotatable bonds is 6. The summed E-state index contributed by atoms with van der Waals surface area (Å²) in [7, 11) is 2.17. The zero-order chi connectivity index (χ0) is 14.5. The fourth-order valence-electron chi connectivity index (χ4n) is 4.52. The summed E-state index contributed by atoms with van der Waals surface area (Å²) in [5.74, 6) is 1.75. The number of likely N-dealkylation sites (N-methyl/N-ethyl adjacent to an activating group) is 1. The molecule has 2 aliphatic rings. The van der Waals surface area contributed by atoms with Crippen molar-refractivity contribution in [2.45, 2.75) is 90.3 Å². The molecule has 0 aliphatic heterocycles. The van der Waals surface area contributed by atoms with Crippen molar-refractivity contribution in [1.82, 2.24) is 10.2 Å². The molecular weight excluding hydrogens is 244 g/mol. The van der Waals surface area contributed by atoms with Gasteiger partial charge >= 0.3 is 0 Å². The molecule has 0 heterocycles. The predicted molar refractivity (Wildman–Crippen MR) is 88.1 cm³/mol. The van der Waals surface area contributed by atoms with Gasteiger partial charge in [0, 0.05) is 24.7 Å². The summed E-state index contributed by atoms with van der Waals surface area (Å²) >= 11 is 0. The Morgan fingerprint density at radius 3 is 2.35 bits per heavy atom. The van der Waals surface area contributed by atoms with Gasteiger partial charge < -0.3 is 5.32 Å². The highest BCUT2D eigenvalue weighted by atomic mass is 15.2. The Morgan fingerprint density at radius 2 is 1.80 bits per heavy atom. The molecule has 2 saturated carbocycles. The van der Waals surface area contributed by atoms with Crippen molar-refractivity contribution in [3.63, 3.8) is 0 Å². The van der Waals surface area contributed by atoms with Crippen LogP contribution in [0.4, 0.5) is 0 Å². The fourth-order valence-corrected chi connectivity index (χ4v) is 4.52. The lowest BCUT2D eigenvalue weighted by atomic mass is 9.79. The Labute approximate surface area is 126 Å². The zero-order valence-corrected chi connectivity index (χ0v) is 14.2. The Hall–Kier alpha value is -0.0800. The molecule has 1 N–H and O–H groups in total. The van der Waals surface area contributed by atoms with E-state index in [2.05, 4.69) is 38.0 Å². The lowest BCUT2D eigenvalue weighted by Crippen LogP contribution is -2.56. The molecule has 2 fully saturated rings. The van der Waals surface area contributed by atoms with E-state index in [4.69, 9.17) is 0 Å². The number of hydrogen-bond acceptors (Lipinski definition) is 2. The molecule has 0 aromatic carbocycles. The fraction of sp³-hybridized carbons (Fsp3) is 1.00. The smallest absolute Gasteiger partial charge is 0.0254 e. The topological polar surface area (TPSA) is 15.3 Å². The SMILES string of the molecule is CCC1CCC(NC)C(N(CC(C)C)C2CCCC2)C1. The van der Waals surface area contributed by atoms with Crippen molar-refractivity contribution in [1.29, 1.82) is 0 Å². The van der Waals surface area contributed by atoms with Crippen LogP contribution in [0.3, 0.4) is 0 Å². The first-order valence-corrected chi connectivity index (χ1v) is 9.08. The first-order chi connectivity index (χ1) is 9.65. The van der Waals surface area contributed by atoms with Gasteiger partial charge in [-0.1, -0.05) is 40.0 Å². The van der Waals surface area contributed by atoms with E-state index in [1.807, 2.05) is 0 Å². The van der Waals surface area contributed by atoms with Crippen molar-refractivity contribution in [2.75, 3.05) is 13.6 Å². The van der Waals surface area contributed by atoms with Crippen molar-refractivity contribution < 1.29 is 0 Å². The summed E-state index contributed by atoms with van der Waals surface area (Å²) in [6.07, 6.45) is 11.4. The molecule has 118 valence electrons. The number of hydrogen-bond donors (Lipinski definition) is 1. The minimum absolute atomic E-state index is 0.720. The molecule has 0 saturated heterocycles. The normalized spacial score (nSPS) is 32.4. The first-order valence-electron chi connectivity index (χ1n) is 9.08. The van der Waals surface area contributed by atoms with E-state index in [9.17, 15) is 0 Å². The van der Waals surface area contributed by atoms with E-state index >= 15 is 0 Å². The molecule has 2 rings (SSSR count). The van der Waals surface area contributed by atoms with Gasteiger partial charge in [-0.2, -0.15) is 0 Å². The Balaban J connectivity index is 2.10. The maximum absolute atomic E-state index is 3.63. The average molecular weight is 280 g/mol. The first kappa shape index (κ1) is 16.3. The molecule has 0 aromatic rings. The molecule has 0 amide bonds. The van der Waals surface area contributed by atoms with Crippen molar-refractivity contribution in [3.05, 3.63) is 0 Å². The van der Waals surface area contributed by atoms with Gasteiger partial charge in [0.15, 0.2) is 0 Å². The second kappa shape index (κ2) is 7.79. The van der Waals surface area contributed by atoms with Crippen LogP contribution in [0.15, 0.2) is 0 Å². The van der Waals surface area contributed by atoms with Gasteiger partial charge in [0.25, 0.3) is 0 Å². The summed E-state index contributed by atoms with van der Waals surface area (Å²) in [4.78, 5) is 2.92. The molecule has 2 aliphatic carbocycles. The van der Waals surface area contributed by atoms with E-state index in [0.29, 0.717) is 0 Å². The molecule has 2 heteroatoms. The molecule has 0 spiro atoms. The van der Waals surface area contributed by atoms with Crippen LogP contribution >= 0.6 is 0 Å². The summed E-state index contributed by atoms with van der Waals surface area (Å²) in [6, 6.07) is 2.37. The van der Waals surface area contributed by atoms with Crippen LogP contribution in [-0.4, -0.2) is 36.6 Å². The standard InChI is InChI=1S/C18H36N2/c1-5-15-10-11-17(19-4)18(12-15)20(13-14(2)3)16-8-6-7-9-16/h14-19H,5-13H2,1-4H3. The van der Waals surface area contributed by atoms with Gasteiger partial charge in [-0.15, -0.1) is 0 Å². The predicted octanol–water partition coefficient (Wildman–Crippen LogP) is 4.05. The van der Waals surface area contributed by atoms with E-state index < -0.39 is 0 Å². The van der Waals surface area contributed by atoms with Gasteiger partial charge in [0.05, 0.1) is 0 Å². The van der Waals surface area contributed by atoms with E-state index in [1.54, 1.807) is 0 Å². The highest BCUT2D eigenvalue weighted by Crippen LogP contribution is 2.34. The molecule has 2 nitrogen and oxygen atoms in total. The molecule has 0 bridgehead atoms. The lowest BCUT2D eigenvalue weighted by molar-refractivity contribution is 0.0526. The zero-order valence-electron chi connectivity index (χ0n) is 14.2. The van der Waals surface area contributed by atoms with Crippen molar-refractivity contribution in [3.8, 4) is 0 Å². The maximum Gasteiger partial charge on any atom is 0.0254 e. The van der Waals surface area contributed by atoms with E-state index in [0.717, 1.165) is 30.0 Å². The van der Waals surface area contributed by atoms with Crippen LogP contribution in [0.1, 0.15) is 72.1 Å². The lowest BCUT2D eigenvalue weighted by Gasteiger charge is -2.46. The molecule has 3 atom stereocenters. The second-order valence-corrected chi connectivity index (χ2v) is 7.58. The second-order valence-electron chi connectivity index (χ2n) is 7.58. The van der Waals surface area contributed by atoms with Crippen molar-refractivity contribution >= 4 is 0 Å². The van der Waals surface area contributed by atoms with Crippen LogP contribution in [-0.2, 0) is 0 Å². The third-order valence-corrected chi connectivity index (χ3v) is 5.67. The van der Waals surface area contributed by atoms with Gasteiger partial charge in [-0.05, 0) is 51.0 Å². The molecule has 0 aromatic heterocycles. The highest BCUT2D eigenvalue weighted by molar-refractivity contribution is 4.94. The third kappa shape index (κ3) is 3.98. The summed E-state index contributed by atoms with van der Waals surface area (Å²) in [5, 5.41) is 3.63. The average Bonchev–Trinajstić information content (AvgIpc) is 2.97. The Kier molecular flexibility index (Phi) is 6.35. The summed E-state index contributed by atoms with van der Waals surface area (Å²) < 4.78 is 0. The summed E-state index contributed by atoms with van der Waals surface area (Å²) in [6.45, 7) is 8.45. The summed E-state index contributed by atoms with van der Waals surface area (Å²) in [5.41, 5.74) is 0. The molecular formula is C18H36N2. The monoisotopic (exact) mass is 280 g/mol. The highest BCUT2D eigenvalue weighted by Gasteiger charge is 2.37. The van der Waals surface area contributed by atoms with Crippen LogP contribution < -0.4 is 5.32 Å².